The van der Waals surface area contributed by atoms with Crippen LogP contribution in [0.2, 0.25) is 51.9 Å². The van der Waals surface area contributed by atoms with Gasteiger partial charge in [0.05, 0.1) is 50.3 Å². The van der Waals surface area contributed by atoms with Gasteiger partial charge in [0.25, 0.3) is 0 Å². The number of carbonyl (C=O) groups excluding carboxylic acids is 1. The lowest BCUT2D eigenvalue weighted by Crippen LogP contribution is -2.36. The predicted molar refractivity (Wildman–Crippen MR) is 373 cm³/mol. The van der Waals surface area contributed by atoms with Crippen molar-refractivity contribution in [3.8, 4) is 5.75 Å². The minimum absolute atomic E-state index is 0. The van der Waals surface area contributed by atoms with E-state index in [9.17, 15) is 15.0 Å². The normalized spacial score (nSPS) is 10.4. The van der Waals surface area contributed by atoms with Gasteiger partial charge in [0.15, 0.2) is 16.6 Å². The zero-order valence-electron chi connectivity index (χ0n) is 44.6. The maximum absolute atomic E-state index is 11.0. The van der Waals surface area contributed by atoms with Crippen LogP contribution in [-0.4, -0.2) is 150 Å². The minimum atomic E-state index is -1.59. The standard InChI is InChI=1S/C12H18O2.C8H20O3Si.C8H16O2S.C6H14O2.C5H14OSi.C4H12OSi.C4H10O.14CH4/c1-3-10-7-5-6-8-12(10)14-9-11(13)4-2;1-5-8(9)6-11-7-12(3,4)10-2;1-4-10-8(9)7(3)6-11-5-2;1-3-6(7)5-8-4-2;1-5-7(3,4)6-2;1-5-6(2,3)4;1-3-5-4-2;;;;;;;;;;;;;;/h5-8,11,13H,3-4,9H2,1-2H3;8-9H,5-7H2,1-4H3;7H,4-6H2,1-3H3;6-7H,3-5H2,1-2H3;5H2,1-4H3;1-4H3;3-4H2,1-2H3;14*1H4. The second-order valence-electron chi connectivity index (χ2n) is 16.3. The van der Waals surface area contributed by atoms with Crippen LogP contribution in [0.5, 0.6) is 5.75 Å². The lowest BCUT2D eigenvalue weighted by Gasteiger charge is -2.20. The number of carbonyl (C=O) groups is 1. The van der Waals surface area contributed by atoms with E-state index in [-0.39, 0.29) is 134 Å². The second kappa shape index (κ2) is 94.4. The molecule has 0 aliphatic carbocycles. The molecule has 4 unspecified atom stereocenters. The van der Waals surface area contributed by atoms with Crippen LogP contribution < -0.4 is 4.74 Å². The van der Waals surface area contributed by atoms with Crippen molar-refractivity contribution in [1.82, 2.24) is 0 Å². The van der Waals surface area contributed by atoms with E-state index in [1.807, 2.05) is 79.7 Å². The van der Waals surface area contributed by atoms with Crippen molar-refractivity contribution in [3.63, 3.8) is 0 Å². The molecule has 1 aromatic carbocycles. The molecule has 0 saturated carbocycles. The number of aryl methyl sites for hydroxylation is 1. The number of benzene rings is 1. The van der Waals surface area contributed by atoms with Gasteiger partial charge in [-0.05, 0) is 123 Å². The number of rotatable bonds is 25. The molecule has 4 atom stereocenters. The van der Waals surface area contributed by atoms with Gasteiger partial charge in [-0.15, -0.1) is 0 Å². The van der Waals surface area contributed by atoms with Gasteiger partial charge in [-0.3, -0.25) is 4.79 Å². The van der Waals surface area contributed by atoms with E-state index in [0.717, 1.165) is 56.2 Å². The van der Waals surface area contributed by atoms with Crippen LogP contribution in [0.1, 0.15) is 205 Å². The lowest BCUT2D eigenvalue weighted by molar-refractivity contribution is -0.146. The first-order valence-electron chi connectivity index (χ1n) is 23.3. The predicted octanol–water partition coefficient (Wildman–Crippen LogP) is 19.6. The third-order valence-electron chi connectivity index (χ3n) is 8.71. The van der Waals surface area contributed by atoms with E-state index in [2.05, 4.69) is 66.6 Å². The van der Waals surface area contributed by atoms with Crippen molar-refractivity contribution >= 4 is 42.7 Å². The average molecular weight is 1200 g/mol. The fourth-order valence-electron chi connectivity index (χ4n) is 3.23. The summed E-state index contributed by atoms with van der Waals surface area (Å²) < 4.78 is 41.1. The third kappa shape index (κ3) is 115. The highest BCUT2D eigenvalue weighted by atomic mass is 32.2. The molecule has 0 radical (unpaired) electrons. The number of esters is 1. The topological polar surface area (TPSA) is 152 Å². The van der Waals surface area contributed by atoms with Crippen molar-refractivity contribution in [2.75, 3.05) is 85.3 Å². The number of hydrogen-bond acceptors (Lipinski definition) is 13. The SMILES string of the molecule is C.C.C.C.C.C.C.C.C.C.C.C.C.C.CCC(O)COC[Si](C)(C)OC.CCOC(=O)C(C)CSCC.CCOCC.CCOCC(O)CC.CC[Si](C)(C)OC.CCc1ccccc1OCC(O)CC.CO[Si](C)(C)C. The van der Waals surface area contributed by atoms with Gasteiger partial charge in [-0.1, -0.05) is 171 Å². The summed E-state index contributed by atoms with van der Waals surface area (Å²) >= 11 is 1.77. The molecular formula is C61H160O12SSi3. The smallest absolute Gasteiger partial charge is 0.309 e. The molecule has 16 heteroatoms. The maximum atomic E-state index is 11.0. The van der Waals surface area contributed by atoms with E-state index in [0.29, 0.717) is 39.3 Å². The quantitative estimate of drug-likeness (QED) is 0.0630. The Hall–Kier alpha value is -0.869. The van der Waals surface area contributed by atoms with Gasteiger partial charge >= 0.3 is 5.97 Å². The van der Waals surface area contributed by atoms with Gasteiger partial charge in [0, 0.05) is 46.9 Å². The van der Waals surface area contributed by atoms with Crippen molar-refractivity contribution in [2.24, 2.45) is 5.92 Å². The number of hydrogen-bond donors (Lipinski definition) is 3. The summed E-state index contributed by atoms with van der Waals surface area (Å²) in [4.78, 5) is 11.0. The van der Waals surface area contributed by atoms with Gasteiger partial charge < -0.3 is 52.3 Å². The van der Waals surface area contributed by atoms with E-state index < -0.39 is 25.0 Å². The van der Waals surface area contributed by atoms with E-state index in [1.165, 1.54) is 11.6 Å². The van der Waals surface area contributed by atoms with Gasteiger partial charge in [0.2, 0.25) is 8.32 Å². The highest BCUT2D eigenvalue weighted by molar-refractivity contribution is 7.99. The second-order valence-corrected chi connectivity index (χ2v) is 31.1. The largest absolute Gasteiger partial charge is 0.491 e. The number of para-hydroxylation sites is 1. The van der Waals surface area contributed by atoms with Crippen LogP contribution in [0.3, 0.4) is 0 Å². The highest BCUT2D eigenvalue weighted by Gasteiger charge is 2.21. The van der Waals surface area contributed by atoms with Crippen molar-refractivity contribution in [3.05, 3.63) is 29.8 Å². The van der Waals surface area contributed by atoms with E-state index in [1.54, 1.807) is 33.1 Å². The summed E-state index contributed by atoms with van der Waals surface area (Å²) in [5, 5.41) is 27.4. The molecule has 0 aromatic heterocycles. The number of thioether (sulfide) groups is 1. The van der Waals surface area contributed by atoms with E-state index >= 15 is 0 Å². The Labute approximate surface area is 500 Å². The molecule has 0 aliphatic heterocycles. The molecule has 12 nitrogen and oxygen atoms in total. The molecule has 494 valence electrons. The Morgan fingerprint density at radius 1 is 0.519 bits per heavy atom. The Bertz CT molecular complexity index is 1070. The molecule has 0 amide bonds. The van der Waals surface area contributed by atoms with Crippen LogP contribution in [-0.2, 0) is 43.4 Å². The van der Waals surface area contributed by atoms with Crippen LogP contribution in [0.25, 0.3) is 0 Å². The van der Waals surface area contributed by atoms with Crippen LogP contribution in [0.15, 0.2) is 24.3 Å². The Balaban J connectivity index is -0.0000000271. The minimum Gasteiger partial charge on any atom is -0.491 e. The zero-order chi connectivity index (χ0) is 50.3. The van der Waals surface area contributed by atoms with Crippen molar-refractivity contribution in [1.29, 1.82) is 0 Å². The molecule has 0 fully saturated rings. The highest BCUT2D eigenvalue weighted by Crippen LogP contribution is 2.18. The van der Waals surface area contributed by atoms with E-state index in [4.69, 9.17) is 42.1 Å². The Morgan fingerprint density at radius 3 is 1.16 bits per heavy atom. The molecule has 1 rings (SSSR count). The van der Waals surface area contributed by atoms with Crippen LogP contribution in [0, 0.1) is 5.92 Å². The molecular weight excluding hydrogens is 1040 g/mol. The molecule has 77 heavy (non-hydrogen) atoms. The molecule has 0 bridgehead atoms. The van der Waals surface area contributed by atoms with Gasteiger partial charge in [-0.2, -0.15) is 11.8 Å². The Kier molecular flexibility index (Phi) is 167. The number of aliphatic hydroxyl groups is 3. The Morgan fingerprint density at radius 2 is 0.883 bits per heavy atom. The van der Waals surface area contributed by atoms with Gasteiger partial charge in [-0.25, -0.2) is 0 Å². The first kappa shape index (κ1) is 136. The molecule has 1 aromatic rings. The van der Waals surface area contributed by atoms with Crippen LogP contribution >= 0.6 is 11.8 Å². The van der Waals surface area contributed by atoms with Crippen LogP contribution in [0.4, 0.5) is 0 Å². The maximum Gasteiger partial charge on any atom is 0.309 e. The summed E-state index contributed by atoms with van der Waals surface area (Å²) in [5.41, 5.74) is 1.19. The molecule has 0 saturated heterocycles. The third-order valence-corrected chi connectivity index (χ3v) is 15.9. The zero-order valence-corrected chi connectivity index (χ0v) is 48.5. The summed E-state index contributed by atoms with van der Waals surface area (Å²) in [5.74, 6) is 2.79. The molecule has 3 N–H and O–H groups in total. The van der Waals surface area contributed by atoms with Gasteiger partial charge in [0.1, 0.15) is 12.4 Å². The number of aliphatic hydroxyl groups excluding tert-OH is 3. The van der Waals surface area contributed by atoms with Crippen molar-refractivity contribution in [2.45, 2.75) is 276 Å². The summed E-state index contributed by atoms with van der Waals surface area (Å²) in [6.07, 6.45) is 2.91. The molecule has 0 aliphatic rings. The average Bonchev–Trinajstić information content (AvgIpc) is 3.27. The molecule has 0 spiro atoms. The van der Waals surface area contributed by atoms with Crippen molar-refractivity contribution < 1.29 is 57.1 Å². The summed E-state index contributed by atoms with van der Waals surface area (Å²) in [6, 6.07) is 9.16. The fraction of sp³-hybridized carbons (Fsp3) is 0.885. The molecule has 0 heterocycles. The first-order valence-corrected chi connectivity index (χ1v) is 34.1. The monoisotopic (exact) mass is 1200 g/mol. The lowest BCUT2D eigenvalue weighted by atomic mass is 10.1. The number of ether oxygens (including phenoxy) is 5. The summed E-state index contributed by atoms with van der Waals surface area (Å²) in [7, 11) is 1.41. The fourth-order valence-corrected chi connectivity index (χ4v) is 4.97. The first-order chi connectivity index (χ1) is 29.4. The summed E-state index contributed by atoms with van der Waals surface area (Å²) in [6.45, 7) is 41.0.